The van der Waals surface area contributed by atoms with Crippen molar-refractivity contribution in [2.45, 2.75) is 30.7 Å². The van der Waals surface area contributed by atoms with Crippen molar-refractivity contribution in [1.82, 2.24) is 14.1 Å². The molecule has 1 heterocycles. The number of hydrogen-bond donors (Lipinski definition) is 4. The highest BCUT2D eigenvalue weighted by molar-refractivity contribution is 7.93. The van der Waals surface area contributed by atoms with Gasteiger partial charge in [0.15, 0.2) is 0 Å². The van der Waals surface area contributed by atoms with Crippen molar-refractivity contribution in [3.63, 3.8) is 0 Å². The maximum Gasteiger partial charge on any atom is 0.326 e. The molecule has 0 saturated carbocycles. The van der Waals surface area contributed by atoms with Gasteiger partial charge in [0.25, 0.3) is 15.9 Å². The number of aromatic nitrogens is 2. The third-order valence-electron chi connectivity index (χ3n) is 4.57. The first-order valence-corrected chi connectivity index (χ1v) is 12.0. The summed E-state index contributed by atoms with van der Waals surface area (Å²) in [4.78, 5) is 28.3. The number of hydrogen-bond acceptors (Lipinski definition) is 8. The summed E-state index contributed by atoms with van der Waals surface area (Å²) in [6.07, 6.45) is 0.524. The number of amidine groups is 1. The molecule has 0 spiro atoms. The van der Waals surface area contributed by atoms with Crippen LogP contribution in [0.4, 0.5) is 5.69 Å². The number of carboxylic acid groups (broad SMARTS) is 1. The van der Waals surface area contributed by atoms with Gasteiger partial charge < -0.3 is 16.2 Å². The van der Waals surface area contributed by atoms with E-state index in [2.05, 4.69) is 23.8 Å². The van der Waals surface area contributed by atoms with Crippen LogP contribution >= 0.6 is 11.7 Å². The van der Waals surface area contributed by atoms with Crippen molar-refractivity contribution in [1.29, 1.82) is 0 Å². The molecule has 0 unspecified atom stereocenters. The Labute approximate surface area is 194 Å². The fraction of sp³-hybridized carbons (Fsp3) is 0.250. The lowest BCUT2D eigenvalue weighted by atomic mass is 10.1. The average Bonchev–Trinajstić information content (AvgIpc) is 3.24. The number of aliphatic carboxylic acids is 1. The van der Waals surface area contributed by atoms with Crippen LogP contribution in [0.2, 0.25) is 0 Å². The quantitative estimate of drug-likeness (QED) is 0.189. The molecule has 0 aliphatic carbocycles. The number of anilines is 1. The molecular weight excluding hydrogens is 468 g/mol. The number of benzene rings is 2. The van der Waals surface area contributed by atoms with Gasteiger partial charge in [-0.2, -0.15) is 8.75 Å². The minimum Gasteiger partial charge on any atom is -0.480 e. The average molecular weight is 491 g/mol. The summed E-state index contributed by atoms with van der Waals surface area (Å²) < 4.78 is 36.5. The molecule has 33 heavy (non-hydrogen) atoms. The van der Waals surface area contributed by atoms with Gasteiger partial charge in [0, 0.05) is 6.54 Å². The van der Waals surface area contributed by atoms with Crippen LogP contribution < -0.4 is 15.8 Å². The van der Waals surface area contributed by atoms with Crippen LogP contribution in [-0.4, -0.2) is 52.6 Å². The van der Waals surface area contributed by atoms with E-state index in [4.69, 9.17) is 5.73 Å². The van der Waals surface area contributed by atoms with Gasteiger partial charge in [0.05, 0.1) is 28.8 Å². The van der Waals surface area contributed by atoms with E-state index in [0.717, 1.165) is 11.7 Å². The Morgan fingerprint density at radius 3 is 2.67 bits per heavy atom. The summed E-state index contributed by atoms with van der Waals surface area (Å²) in [5.74, 6) is -1.55. The van der Waals surface area contributed by atoms with Crippen LogP contribution in [0.15, 0.2) is 52.4 Å². The van der Waals surface area contributed by atoms with Crippen molar-refractivity contribution in [2.24, 2.45) is 10.7 Å². The van der Waals surface area contributed by atoms with E-state index in [0.29, 0.717) is 24.3 Å². The second-order valence-corrected chi connectivity index (χ2v) is 9.25. The first kappa shape index (κ1) is 24.1. The van der Waals surface area contributed by atoms with Gasteiger partial charge in [-0.15, -0.1) is 0 Å². The van der Waals surface area contributed by atoms with E-state index in [-0.39, 0.29) is 28.1 Å². The number of nitrogens with one attached hydrogen (secondary N) is 2. The van der Waals surface area contributed by atoms with E-state index < -0.39 is 27.9 Å². The summed E-state index contributed by atoms with van der Waals surface area (Å²) in [6, 6.07) is 9.33. The fourth-order valence-corrected chi connectivity index (χ4v) is 4.86. The molecule has 0 bridgehead atoms. The summed E-state index contributed by atoms with van der Waals surface area (Å²) >= 11 is 0.890. The van der Waals surface area contributed by atoms with Crippen LogP contribution in [0.1, 0.15) is 30.1 Å². The Bertz CT molecular complexity index is 1300. The molecule has 11 nitrogen and oxygen atoms in total. The molecule has 0 fully saturated rings. The van der Waals surface area contributed by atoms with Gasteiger partial charge in [0.1, 0.15) is 22.0 Å². The number of nitrogens with zero attached hydrogens (tertiary/aromatic N) is 3. The number of carbonyl (C=O) groups is 2. The van der Waals surface area contributed by atoms with Gasteiger partial charge in [-0.1, -0.05) is 18.2 Å². The number of carbonyl (C=O) groups excluding carboxylic acids is 1. The number of nitrogens with two attached hydrogens (primary N) is 1. The Balaban J connectivity index is 1.80. The van der Waals surface area contributed by atoms with Crippen molar-refractivity contribution in [2.75, 3.05) is 11.3 Å². The van der Waals surface area contributed by atoms with Gasteiger partial charge in [-0.05, 0) is 44.0 Å². The lowest BCUT2D eigenvalue weighted by Gasteiger charge is -2.16. The highest BCUT2D eigenvalue weighted by Crippen LogP contribution is 2.25. The maximum absolute atomic E-state index is 13.0. The van der Waals surface area contributed by atoms with Crippen molar-refractivity contribution >= 4 is 56.2 Å². The van der Waals surface area contributed by atoms with Gasteiger partial charge in [0.2, 0.25) is 0 Å². The Hall–Kier alpha value is -3.58. The molecule has 5 N–H and O–H groups in total. The Morgan fingerprint density at radius 2 is 1.94 bits per heavy atom. The number of carboxylic acids is 1. The van der Waals surface area contributed by atoms with E-state index in [1.807, 2.05) is 0 Å². The molecule has 1 aromatic heterocycles. The molecule has 0 saturated heterocycles. The van der Waals surface area contributed by atoms with Gasteiger partial charge in [-0.25, -0.2) is 13.2 Å². The number of rotatable bonds is 10. The van der Waals surface area contributed by atoms with E-state index in [1.165, 1.54) is 18.2 Å². The van der Waals surface area contributed by atoms with Crippen LogP contribution in [0.3, 0.4) is 0 Å². The molecule has 3 aromatic rings. The molecule has 174 valence electrons. The number of amides is 1. The van der Waals surface area contributed by atoms with Crippen LogP contribution in [-0.2, 0) is 14.8 Å². The molecule has 0 aliphatic heterocycles. The van der Waals surface area contributed by atoms with Crippen LogP contribution in [0, 0.1) is 0 Å². The smallest absolute Gasteiger partial charge is 0.326 e. The molecule has 3 rings (SSSR count). The predicted molar refractivity (Wildman–Crippen MR) is 125 cm³/mol. The standard InChI is InChI=1S/C20H22N6O5S2/c1-12(21)22-11-5-9-16(20(28)29)23-19(27)13-6-2-3-7-14(13)26-33(30,31)17-10-4-8-15-18(17)25-32-24-15/h2-4,6-8,10,16,26H,5,9,11H2,1H3,(H2,21,22)(H,23,27)(H,28,29)/t16-/m0/s1. The molecule has 2 aromatic carbocycles. The summed E-state index contributed by atoms with van der Waals surface area (Å²) in [7, 11) is -4.11. The lowest BCUT2D eigenvalue weighted by molar-refractivity contribution is -0.139. The second-order valence-electron chi connectivity index (χ2n) is 7.07. The number of sulfonamides is 1. The van der Waals surface area contributed by atoms with Crippen LogP contribution in [0.25, 0.3) is 11.0 Å². The minimum absolute atomic E-state index is 0.00249. The first-order chi connectivity index (χ1) is 15.7. The van der Waals surface area contributed by atoms with E-state index >= 15 is 0 Å². The van der Waals surface area contributed by atoms with Crippen molar-refractivity contribution in [3.8, 4) is 0 Å². The number of para-hydroxylation sites is 1. The number of aliphatic imine (C=N–C) groups is 1. The number of fused-ring (bicyclic) bond motifs is 1. The third-order valence-corrected chi connectivity index (χ3v) is 6.51. The minimum atomic E-state index is -4.11. The summed E-state index contributed by atoms with van der Waals surface area (Å²) in [5.41, 5.74) is 6.10. The third kappa shape index (κ3) is 6.02. The zero-order valence-electron chi connectivity index (χ0n) is 17.6. The first-order valence-electron chi connectivity index (χ1n) is 9.82. The SMILES string of the molecule is CC(N)=NCCC[C@H](NC(=O)c1ccccc1NS(=O)(=O)c1cccc2nsnc12)C(=O)O. The zero-order valence-corrected chi connectivity index (χ0v) is 19.2. The fourth-order valence-electron chi connectivity index (χ4n) is 3.01. The zero-order chi connectivity index (χ0) is 24.0. The van der Waals surface area contributed by atoms with E-state index in [9.17, 15) is 23.1 Å². The molecular formula is C20H22N6O5S2. The highest BCUT2D eigenvalue weighted by Gasteiger charge is 2.25. The van der Waals surface area contributed by atoms with Crippen molar-refractivity contribution in [3.05, 3.63) is 48.0 Å². The monoisotopic (exact) mass is 490 g/mol. The Morgan fingerprint density at radius 1 is 1.18 bits per heavy atom. The predicted octanol–water partition coefficient (Wildman–Crippen LogP) is 1.83. The molecule has 0 radical (unpaired) electrons. The topological polar surface area (TPSA) is 177 Å². The molecule has 1 amide bonds. The second kappa shape index (κ2) is 10.4. The summed E-state index contributed by atoms with van der Waals surface area (Å²) in [6.45, 7) is 1.95. The van der Waals surface area contributed by atoms with Crippen LogP contribution in [0.5, 0.6) is 0 Å². The van der Waals surface area contributed by atoms with Gasteiger partial charge >= 0.3 is 5.97 Å². The Kier molecular flexibility index (Phi) is 7.55. The van der Waals surface area contributed by atoms with Crippen molar-refractivity contribution < 1.29 is 23.1 Å². The molecule has 13 heteroatoms. The molecule has 1 atom stereocenters. The normalized spacial score (nSPS) is 12.9. The lowest BCUT2D eigenvalue weighted by Crippen LogP contribution is -2.41. The summed E-state index contributed by atoms with van der Waals surface area (Å²) in [5, 5.41) is 11.9. The highest BCUT2D eigenvalue weighted by atomic mass is 32.2. The van der Waals surface area contributed by atoms with Gasteiger partial charge in [-0.3, -0.25) is 14.5 Å². The maximum atomic E-state index is 13.0. The van der Waals surface area contributed by atoms with E-state index in [1.54, 1.807) is 31.2 Å². The largest absolute Gasteiger partial charge is 0.480 e. The molecule has 0 aliphatic rings.